The molecule has 27 heavy (non-hydrogen) atoms. The molecule has 142 valence electrons. The number of likely N-dealkylation sites (tertiary alicyclic amines) is 1. The molecule has 1 N–H and O–H groups in total. The second kappa shape index (κ2) is 8.82. The summed E-state index contributed by atoms with van der Waals surface area (Å²) >= 11 is 0. The number of ether oxygens (including phenoxy) is 1. The van der Waals surface area contributed by atoms with Crippen LogP contribution in [-0.2, 0) is 11.3 Å². The lowest BCUT2D eigenvalue weighted by molar-refractivity contribution is 0.0600. The minimum Gasteiger partial charge on any atom is -0.465 e. The monoisotopic (exact) mass is 366 g/mol. The quantitative estimate of drug-likeness (QED) is 0.814. The van der Waals surface area contributed by atoms with Gasteiger partial charge in [-0.25, -0.2) is 4.79 Å². The van der Waals surface area contributed by atoms with Gasteiger partial charge in [-0.1, -0.05) is 25.1 Å². The Bertz CT molecular complexity index is 801. The molecule has 0 saturated carbocycles. The number of carbonyl (C=O) groups is 2. The van der Waals surface area contributed by atoms with Crippen LogP contribution in [0.25, 0.3) is 0 Å². The van der Waals surface area contributed by atoms with Crippen molar-refractivity contribution in [2.24, 2.45) is 5.92 Å². The largest absolute Gasteiger partial charge is 0.465 e. The molecule has 0 aliphatic carbocycles. The van der Waals surface area contributed by atoms with Gasteiger partial charge in [-0.15, -0.1) is 0 Å². The maximum Gasteiger partial charge on any atom is 0.337 e. The first-order chi connectivity index (χ1) is 13.0. The van der Waals surface area contributed by atoms with E-state index < -0.39 is 5.97 Å². The van der Waals surface area contributed by atoms with Crippen LogP contribution >= 0.6 is 0 Å². The Hall–Kier alpha value is -2.66. The molecule has 0 aromatic heterocycles. The van der Waals surface area contributed by atoms with Crippen LogP contribution in [0.4, 0.5) is 5.69 Å². The van der Waals surface area contributed by atoms with Crippen molar-refractivity contribution >= 4 is 17.6 Å². The lowest BCUT2D eigenvalue weighted by atomic mass is 9.99. The van der Waals surface area contributed by atoms with Crippen LogP contribution in [0.5, 0.6) is 0 Å². The number of anilines is 1. The Morgan fingerprint density at radius 3 is 2.63 bits per heavy atom. The molecule has 1 aliphatic heterocycles. The summed E-state index contributed by atoms with van der Waals surface area (Å²) in [6.07, 6.45) is 2.57. The number of nitrogens with one attached hydrogen (secondary N) is 1. The molecule has 5 heteroatoms. The second-order valence-electron chi connectivity index (χ2n) is 7.21. The van der Waals surface area contributed by atoms with Gasteiger partial charge in [0.1, 0.15) is 0 Å². The van der Waals surface area contributed by atoms with E-state index in [0.717, 1.165) is 25.6 Å². The third-order valence-corrected chi connectivity index (χ3v) is 4.90. The number of nitrogens with zero attached hydrogens (tertiary/aromatic N) is 1. The molecular formula is C22H26N2O3. The Morgan fingerprint density at radius 2 is 1.93 bits per heavy atom. The summed E-state index contributed by atoms with van der Waals surface area (Å²) in [6, 6.07) is 14.4. The maximum atomic E-state index is 12.5. The van der Waals surface area contributed by atoms with E-state index >= 15 is 0 Å². The van der Waals surface area contributed by atoms with Crippen molar-refractivity contribution in [1.29, 1.82) is 0 Å². The van der Waals surface area contributed by atoms with Gasteiger partial charge in [0.2, 0.25) is 0 Å². The molecule has 0 radical (unpaired) electrons. The molecule has 0 bridgehead atoms. The zero-order valence-corrected chi connectivity index (χ0v) is 15.9. The molecule has 1 aliphatic rings. The van der Waals surface area contributed by atoms with Gasteiger partial charge in [0.25, 0.3) is 5.91 Å². The Kier molecular flexibility index (Phi) is 6.24. The van der Waals surface area contributed by atoms with Crippen molar-refractivity contribution in [3.63, 3.8) is 0 Å². The van der Waals surface area contributed by atoms with Crippen LogP contribution in [0.15, 0.2) is 48.5 Å². The van der Waals surface area contributed by atoms with E-state index in [4.69, 9.17) is 4.74 Å². The molecule has 1 unspecified atom stereocenters. The van der Waals surface area contributed by atoms with E-state index in [2.05, 4.69) is 17.1 Å². The van der Waals surface area contributed by atoms with Crippen molar-refractivity contribution in [3.8, 4) is 0 Å². The fraction of sp³-hybridized carbons (Fsp3) is 0.364. The summed E-state index contributed by atoms with van der Waals surface area (Å²) < 4.78 is 4.71. The molecule has 1 fully saturated rings. The van der Waals surface area contributed by atoms with Gasteiger partial charge in [0.15, 0.2) is 0 Å². The Balaban J connectivity index is 1.61. The van der Waals surface area contributed by atoms with E-state index in [1.165, 1.54) is 25.5 Å². The summed E-state index contributed by atoms with van der Waals surface area (Å²) in [7, 11) is 1.33. The molecule has 2 aromatic carbocycles. The number of hydrogen-bond acceptors (Lipinski definition) is 4. The number of esters is 1. The molecule has 5 nitrogen and oxygen atoms in total. The first-order valence-corrected chi connectivity index (χ1v) is 9.36. The molecular weight excluding hydrogens is 340 g/mol. The molecule has 1 heterocycles. The topological polar surface area (TPSA) is 58.6 Å². The van der Waals surface area contributed by atoms with Crippen LogP contribution < -0.4 is 5.32 Å². The van der Waals surface area contributed by atoms with E-state index in [1.54, 1.807) is 24.3 Å². The van der Waals surface area contributed by atoms with Gasteiger partial charge in [-0.2, -0.15) is 0 Å². The SMILES string of the molecule is COC(=O)c1cccc(NC(=O)c2ccc(CN3CCCC(C)C3)cc2)c1. The average Bonchev–Trinajstić information content (AvgIpc) is 2.68. The van der Waals surface area contributed by atoms with Gasteiger partial charge in [-0.05, 0) is 61.2 Å². The van der Waals surface area contributed by atoms with Gasteiger partial charge in [0.05, 0.1) is 12.7 Å². The van der Waals surface area contributed by atoms with E-state index in [1.807, 2.05) is 24.3 Å². The molecule has 1 atom stereocenters. The average molecular weight is 366 g/mol. The predicted octanol–water partition coefficient (Wildman–Crippen LogP) is 3.96. The van der Waals surface area contributed by atoms with Crippen molar-refractivity contribution in [2.45, 2.75) is 26.3 Å². The fourth-order valence-electron chi connectivity index (χ4n) is 3.50. The zero-order chi connectivity index (χ0) is 19.2. The number of hydrogen-bond donors (Lipinski definition) is 1. The third-order valence-electron chi connectivity index (χ3n) is 4.90. The lowest BCUT2D eigenvalue weighted by Crippen LogP contribution is -2.33. The maximum absolute atomic E-state index is 12.5. The van der Waals surface area contributed by atoms with E-state index in [-0.39, 0.29) is 5.91 Å². The first kappa shape index (κ1) is 19.1. The van der Waals surface area contributed by atoms with Crippen LogP contribution in [-0.4, -0.2) is 37.0 Å². The normalized spacial score (nSPS) is 17.3. The summed E-state index contributed by atoms with van der Waals surface area (Å²) in [6.45, 7) is 5.50. The number of methoxy groups -OCH3 is 1. The molecule has 0 spiro atoms. The minimum absolute atomic E-state index is 0.199. The van der Waals surface area contributed by atoms with Crippen LogP contribution in [0, 0.1) is 5.92 Å². The van der Waals surface area contributed by atoms with Crippen molar-refractivity contribution in [3.05, 3.63) is 65.2 Å². The summed E-state index contributed by atoms with van der Waals surface area (Å²) in [5, 5.41) is 2.83. The van der Waals surface area contributed by atoms with Gasteiger partial charge in [-0.3, -0.25) is 9.69 Å². The van der Waals surface area contributed by atoms with Crippen molar-refractivity contribution in [1.82, 2.24) is 4.90 Å². The van der Waals surface area contributed by atoms with Crippen molar-refractivity contribution < 1.29 is 14.3 Å². The number of amides is 1. The number of piperidine rings is 1. The van der Waals surface area contributed by atoms with Gasteiger partial charge < -0.3 is 10.1 Å². The molecule has 3 rings (SSSR count). The minimum atomic E-state index is -0.428. The highest BCUT2D eigenvalue weighted by atomic mass is 16.5. The fourth-order valence-corrected chi connectivity index (χ4v) is 3.50. The summed E-state index contributed by atoms with van der Waals surface area (Å²) in [4.78, 5) is 26.5. The molecule has 1 saturated heterocycles. The predicted molar refractivity (Wildman–Crippen MR) is 106 cm³/mol. The second-order valence-corrected chi connectivity index (χ2v) is 7.21. The summed E-state index contributed by atoms with van der Waals surface area (Å²) in [5.74, 6) is 0.127. The molecule has 1 amide bonds. The van der Waals surface area contributed by atoms with Crippen LogP contribution in [0.1, 0.15) is 46.0 Å². The Labute approximate surface area is 160 Å². The highest BCUT2D eigenvalue weighted by Crippen LogP contribution is 2.18. The van der Waals surface area contributed by atoms with E-state index in [9.17, 15) is 9.59 Å². The number of carbonyl (C=O) groups excluding carboxylic acids is 2. The highest BCUT2D eigenvalue weighted by molar-refractivity contribution is 6.04. The zero-order valence-electron chi connectivity index (χ0n) is 15.9. The van der Waals surface area contributed by atoms with Gasteiger partial charge >= 0.3 is 5.97 Å². The van der Waals surface area contributed by atoms with Gasteiger partial charge in [0, 0.05) is 24.3 Å². The lowest BCUT2D eigenvalue weighted by Gasteiger charge is -2.30. The van der Waals surface area contributed by atoms with Crippen LogP contribution in [0.3, 0.4) is 0 Å². The summed E-state index contributed by atoms with van der Waals surface area (Å²) in [5.41, 5.74) is 2.78. The van der Waals surface area contributed by atoms with Crippen LogP contribution in [0.2, 0.25) is 0 Å². The van der Waals surface area contributed by atoms with Crippen molar-refractivity contribution in [2.75, 3.05) is 25.5 Å². The first-order valence-electron chi connectivity index (χ1n) is 9.36. The molecule has 2 aromatic rings. The van der Waals surface area contributed by atoms with E-state index in [0.29, 0.717) is 16.8 Å². The smallest absolute Gasteiger partial charge is 0.337 e. The third kappa shape index (κ3) is 5.17. The highest BCUT2D eigenvalue weighted by Gasteiger charge is 2.16. The standard InChI is InChI=1S/C22H26N2O3/c1-16-5-4-12-24(14-16)15-17-8-10-18(11-9-17)21(25)23-20-7-3-6-19(13-20)22(26)27-2/h3,6-11,13,16H,4-5,12,14-15H2,1-2H3,(H,23,25). The number of rotatable bonds is 5. The number of benzene rings is 2. The Morgan fingerprint density at radius 1 is 1.15 bits per heavy atom.